The molecule has 1 saturated heterocycles. The van der Waals surface area contributed by atoms with E-state index in [0.29, 0.717) is 30.1 Å². The molecule has 1 amide bonds. The van der Waals surface area contributed by atoms with Crippen molar-refractivity contribution in [1.29, 1.82) is 0 Å². The van der Waals surface area contributed by atoms with Crippen LogP contribution in [0.3, 0.4) is 0 Å². The van der Waals surface area contributed by atoms with Crippen LogP contribution in [0.4, 0.5) is 8.78 Å². The third kappa shape index (κ3) is 3.46. The lowest BCUT2D eigenvalue weighted by atomic mass is 10.0. The lowest BCUT2D eigenvalue weighted by molar-refractivity contribution is 0.0782. The molecule has 0 bridgehead atoms. The Labute approximate surface area is 140 Å². The zero-order chi connectivity index (χ0) is 17.1. The molecular formula is C19H20F2N2O. The molecular weight excluding hydrogens is 310 g/mol. The van der Waals surface area contributed by atoms with Crippen molar-refractivity contribution in [2.75, 3.05) is 26.7 Å². The summed E-state index contributed by atoms with van der Waals surface area (Å²) in [7, 11) is 1.89. The monoisotopic (exact) mass is 330 g/mol. The fourth-order valence-electron chi connectivity index (χ4n) is 3.15. The fraction of sp³-hybridized carbons (Fsp3) is 0.316. The van der Waals surface area contributed by atoms with Crippen LogP contribution < -0.4 is 5.32 Å². The Bertz CT molecular complexity index is 731. The number of nitrogens with zero attached hydrogens (tertiary/aromatic N) is 1. The van der Waals surface area contributed by atoms with Gasteiger partial charge in [0, 0.05) is 13.1 Å². The van der Waals surface area contributed by atoms with Gasteiger partial charge in [-0.2, -0.15) is 0 Å². The van der Waals surface area contributed by atoms with Crippen LogP contribution in [0, 0.1) is 17.6 Å². The standard InChI is InChI=1S/C19H20F2N2O/c1-22-11-13-8-9-23(12-13)19(24)17-7-4-15(10-18(17)21)14-2-5-16(20)6-3-14/h2-7,10,13,22H,8-9,11-12H2,1H3/t13-/m1/s1. The number of halogens is 2. The normalized spacial score (nSPS) is 17.3. The van der Waals surface area contributed by atoms with Gasteiger partial charge < -0.3 is 10.2 Å². The minimum Gasteiger partial charge on any atom is -0.338 e. The minimum atomic E-state index is -0.543. The molecule has 126 valence electrons. The molecule has 0 unspecified atom stereocenters. The third-order valence-electron chi connectivity index (χ3n) is 4.44. The van der Waals surface area contributed by atoms with Gasteiger partial charge in [0.1, 0.15) is 11.6 Å². The topological polar surface area (TPSA) is 32.3 Å². The zero-order valence-corrected chi connectivity index (χ0v) is 13.6. The van der Waals surface area contributed by atoms with E-state index in [1.165, 1.54) is 24.3 Å². The molecule has 24 heavy (non-hydrogen) atoms. The highest BCUT2D eigenvalue weighted by Gasteiger charge is 2.27. The lowest BCUT2D eigenvalue weighted by Gasteiger charge is -2.17. The molecule has 3 nitrogen and oxygen atoms in total. The molecule has 5 heteroatoms. The van der Waals surface area contributed by atoms with Crippen LogP contribution in [0.15, 0.2) is 42.5 Å². The van der Waals surface area contributed by atoms with Gasteiger partial charge in [0.15, 0.2) is 0 Å². The van der Waals surface area contributed by atoms with Gasteiger partial charge in [-0.25, -0.2) is 8.78 Å². The molecule has 1 aliphatic rings. The summed E-state index contributed by atoms with van der Waals surface area (Å²) in [6.45, 7) is 2.17. The second kappa shape index (κ2) is 7.09. The van der Waals surface area contributed by atoms with Crippen molar-refractivity contribution >= 4 is 5.91 Å². The molecule has 1 fully saturated rings. The second-order valence-electron chi connectivity index (χ2n) is 6.17. The molecule has 0 aromatic heterocycles. The number of benzene rings is 2. The molecule has 1 N–H and O–H groups in total. The van der Waals surface area contributed by atoms with Crippen LogP contribution >= 0.6 is 0 Å². The highest BCUT2D eigenvalue weighted by molar-refractivity contribution is 5.95. The average molecular weight is 330 g/mol. The number of amides is 1. The van der Waals surface area contributed by atoms with Gasteiger partial charge in [-0.3, -0.25) is 4.79 Å². The predicted molar refractivity (Wildman–Crippen MR) is 89.7 cm³/mol. The summed E-state index contributed by atoms with van der Waals surface area (Å²) in [6.07, 6.45) is 0.932. The SMILES string of the molecule is CNC[C@H]1CCN(C(=O)c2ccc(-c3ccc(F)cc3)cc2F)C1. The van der Waals surface area contributed by atoms with Crippen molar-refractivity contribution in [3.05, 3.63) is 59.7 Å². The van der Waals surface area contributed by atoms with E-state index in [9.17, 15) is 13.6 Å². The second-order valence-corrected chi connectivity index (χ2v) is 6.17. The molecule has 0 aliphatic carbocycles. The van der Waals surface area contributed by atoms with Crippen molar-refractivity contribution in [3.8, 4) is 11.1 Å². The summed E-state index contributed by atoms with van der Waals surface area (Å²) < 4.78 is 27.4. The number of carbonyl (C=O) groups excluding carboxylic acids is 1. The molecule has 0 spiro atoms. The van der Waals surface area contributed by atoms with Crippen LogP contribution in [-0.4, -0.2) is 37.5 Å². The largest absolute Gasteiger partial charge is 0.338 e. The summed E-state index contributed by atoms with van der Waals surface area (Å²) in [4.78, 5) is 14.2. The average Bonchev–Trinajstić information content (AvgIpc) is 3.04. The van der Waals surface area contributed by atoms with Gasteiger partial charge in [0.2, 0.25) is 0 Å². The Kier molecular flexibility index (Phi) is 4.90. The quantitative estimate of drug-likeness (QED) is 0.933. The fourth-order valence-corrected chi connectivity index (χ4v) is 3.15. The van der Waals surface area contributed by atoms with Crippen molar-refractivity contribution in [1.82, 2.24) is 10.2 Å². The molecule has 2 aromatic rings. The summed E-state index contributed by atoms with van der Waals surface area (Å²) in [5.74, 6) is -0.729. The number of hydrogen-bond acceptors (Lipinski definition) is 2. The van der Waals surface area contributed by atoms with Crippen LogP contribution in [0.5, 0.6) is 0 Å². The summed E-state index contributed by atoms with van der Waals surface area (Å²) >= 11 is 0. The number of carbonyl (C=O) groups is 1. The molecule has 1 atom stereocenters. The summed E-state index contributed by atoms with van der Waals surface area (Å²) in [5.41, 5.74) is 1.43. The van der Waals surface area contributed by atoms with E-state index < -0.39 is 5.82 Å². The molecule has 1 heterocycles. The van der Waals surface area contributed by atoms with E-state index in [1.54, 1.807) is 23.1 Å². The maximum absolute atomic E-state index is 14.4. The van der Waals surface area contributed by atoms with E-state index in [1.807, 2.05) is 7.05 Å². The first-order valence-electron chi connectivity index (χ1n) is 8.08. The van der Waals surface area contributed by atoms with Gasteiger partial charge in [-0.1, -0.05) is 18.2 Å². The van der Waals surface area contributed by atoms with Crippen molar-refractivity contribution in [3.63, 3.8) is 0 Å². The van der Waals surface area contributed by atoms with Crippen LogP contribution in [0.1, 0.15) is 16.8 Å². The smallest absolute Gasteiger partial charge is 0.256 e. The van der Waals surface area contributed by atoms with Crippen molar-refractivity contribution < 1.29 is 13.6 Å². The van der Waals surface area contributed by atoms with Gasteiger partial charge in [-0.05, 0) is 61.3 Å². The van der Waals surface area contributed by atoms with Gasteiger partial charge in [0.25, 0.3) is 5.91 Å². The van der Waals surface area contributed by atoms with E-state index in [-0.39, 0.29) is 17.3 Å². The lowest BCUT2D eigenvalue weighted by Crippen LogP contribution is -2.30. The predicted octanol–water partition coefficient (Wildman–Crippen LogP) is 3.31. The van der Waals surface area contributed by atoms with E-state index >= 15 is 0 Å². The first kappa shape index (κ1) is 16.6. The van der Waals surface area contributed by atoms with Crippen molar-refractivity contribution in [2.45, 2.75) is 6.42 Å². The Hall–Kier alpha value is -2.27. The van der Waals surface area contributed by atoms with Crippen molar-refractivity contribution in [2.24, 2.45) is 5.92 Å². The molecule has 0 saturated carbocycles. The van der Waals surface area contributed by atoms with Gasteiger partial charge in [0.05, 0.1) is 5.56 Å². The number of likely N-dealkylation sites (tertiary alicyclic amines) is 1. The Balaban J connectivity index is 1.77. The Morgan fingerprint density at radius 1 is 1.17 bits per heavy atom. The van der Waals surface area contributed by atoms with E-state index in [4.69, 9.17) is 0 Å². The highest BCUT2D eigenvalue weighted by Crippen LogP contribution is 2.24. The maximum atomic E-state index is 14.4. The number of hydrogen-bond donors (Lipinski definition) is 1. The molecule has 0 radical (unpaired) electrons. The number of rotatable bonds is 4. The summed E-state index contributed by atoms with van der Waals surface area (Å²) in [5, 5.41) is 3.11. The summed E-state index contributed by atoms with van der Waals surface area (Å²) in [6, 6.07) is 10.4. The van der Waals surface area contributed by atoms with E-state index in [0.717, 1.165) is 13.0 Å². The molecule has 3 rings (SSSR count). The Morgan fingerprint density at radius 3 is 2.54 bits per heavy atom. The molecule has 2 aromatic carbocycles. The van der Waals surface area contributed by atoms with Crippen LogP contribution in [0.25, 0.3) is 11.1 Å². The number of nitrogens with one attached hydrogen (secondary N) is 1. The zero-order valence-electron chi connectivity index (χ0n) is 13.6. The van der Waals surface area contributed by atoms with Gasteiger partial charge >= 0.3 is 0 Å². The van der Waals surface area contributed by atoms with E-state index in [2.05, 4.69) is 5.32 Å². The van der Waals surface area contributed by atoms with Crippen LogP contribution in [-0.2, 0) is 0 Å². The highest BCUT2D eigenvalue weighted by atomic mass is 19.1. The Morgan fingerprint density at radius 2 is 1.88 bits per heavy atom. The first-order valence-corrected chi connectivity index (χ1v) is 8.08. The third-order valence-corrected chi connectivity index (χ3v) is 4.44. The first-order chi connectivity index (χ1) is 11.6. The van der Waals surface area contributed by atoms with Gasteiger partial charge in [-0.15, -0.1) is 0 Å². The maximum Gasteiger partial charge on any atom is 0.256 e. The van der Waals surface area contributed by atoms with Crippen LogP contribution in [0.2, 0.25) is 0 Å². The molecule has 1 aliphatic heterocycles. The minimum absolute atomic E-state index is 0.0889.